The average Bonchev–Trinajstić information content (AvgIpc) is 2.19. The molecule has 0 fully saturated rings. The number of rotatable bonds is 4. The van der Waals surface area contributed by atoms with E-state index in [4.69, 9.17) is 9.47 Å². The predicted molar refractivity (Wildman–Crippen MR) is 61.4 cm³/mol. The first-order valence-corrected chi connectivity index (χ1v) is 5.20. The van der Waals surface area contributed by atoms with E-state index < -0.39 is 0 Å². The third kappa shape index (κ3) is 2.32. The van der Waals surface area contributed by atoms with E-state index in [9.17, 15) is 0 Å². The minimum Gasteiger partial charge on any atom is -0.493 e. The van der Waals surface area contributed by atoms with Crippen LogP contribution in [0.15, 0.2) is 16.6 Å². The van der Waals surface area contributed by atoms with Gasteiger partial charge in [-0.05, 0) is 22.9 Å². The Labute approximate surface area is 92.5 Å². The van der Waals surface area contributed by atoms with Crippen molar-refractivity contribution in [1.29, 1.82) is 0 Å². The van der Waals surface area contributed by atoms with Crippen LogP contribution in [0.4, 0.5) is 5.69 Å². The Balaban J connectivity index is 3.10. The summed E-state index contributed by atoms with van der Waals surface area (Å²) in [5.41, 5.74) is 0.977. The van der Waals surface area contributed by atoms with Gasteiger partial charge in [0.15, 0.2) is 11.5 Å². The highest BCUT2D eigenvalue weighted by Crippen LogP contribution is 2.36. The van der Waals surface area contributed by atoms with Crippen LogP contribution in [-0.2, 0) is 0 Å². The molecule has 0 radical (unpaired) electrons. The quantitative estimate of drug-likeness (QED) is 0.902. The predicted octanol–water partition coefficient (Wildman–Crippen LogP) is 2.90. The van der Waals surface area contributed by atoms with Crippen LogP contribution in [0.25, 0.3) is 0 Å². The molecule has 0 heterocycles. The Morgan fingerprint density at radius 1 is 1.36 bits per heavy atom. The van der Waals surface area contributed by atoms with Crippen LogP contribution in [0.3, 0.4) is 0 Å². The second-order valence-corrected chi connectivity index (χ2v) is 3.52. The summed E-state index contributed by atoms with van der Waals surface area (Å²) >= 11 is 3.44. The van der Waals surface area contributed by atoms with Crippen LogP contribution in [0, 0.1) is 0 Å². The molecule has 1 N–H and O–H groups in total. The minimum absolute atomic E-state index is 0.627. The van der Waals surface area contributed by atoms with Crippen molar-refractivity contribution in [3.05, 3.63) is 16.6 Å². The lowest BCUT2D eigenvalue weighted by Crippen LogP contribution is -1.97. The highest BCUT2D eigenvalue weighted by Gasteiger charge is 2.08. The summed E-state index contributed by atoms with van der Waals surface area (Å²) in [6, 6.07) is 3.79. The van der Waals surface area contributed by atoms with Crippen molar-refractivity contribution in [2.75, 3.05) is 26.1 Å². The van der Waals surface area contributed by atoms with Crippen molar-refractivity contribution < 1.29 is 9.47 Å². The zero-order valence-corrected chi connectivity index (χ0v) is 10.1. The molecular weight excluding hydrogens is 246 g/mol. The zero-order chi connectivity index (χ0) is 10.6. The molecule has 0 aromatic heterocycles. The third-order valence-corrected chi connectivity index (χ3v) is 2.48. The fourth-order valence-electron chi connectivity index (χ4n) is 1.15. The lowest BCUT2D eigenvalue weighted by Gasteiger charge is -2.12. The van der Waals surface area contributed by atoms with E-state index in [1.165, 1.54) is 0 Å². The second kappa shape index (κ2) is 5.10. The van der Waals surface area contributed by atoms with E-state index in [-0.39, 0.29) is 0 Å². The fraction of sp³-hybridized carbons (Fsp3) is 0.400. The number of hydrogen-bond acceptors (Lipinski definition) is 3. The molecule has 1 aromatic carbocycles. The van der Waals surface area contributed by atoms with Gasteiger partial charge in [-0.2, -0.15) is 0 Å². The van der Waals surface area contributed by atoms with E-state index in [0.29, 0.717) is 6.61 Å². The Hall–Kier alpha value is -0.900. The van der Waals surface area contributed by atoms with Gasteiger partial charge in [0, 0.05) is 23.7 Å². The Morgan fingerprint density at radius 3 is 2.57 bits per heavy atom. The molecule has 0 unspecified atom stereocenters. The molecule has 0 aliphatic carbocycles. The Kier molecular flexibility index (Phi) is 4.07. The van der Waals surface area contributed by atoms with Gasteiger partial charge in [0.25, 0.3) is 0 Å². The highest BCUT2D eigenvalue weighted by molar-refractivity contribution is 9.10. The van der Waals surface area contributed by atoms with Gasteiger partial charge in [-0.3, -0.25) is 0 Å². The summed E-state index contributed by atoms with van der Waals surface area (Å²) in [6.45, 7) is 2.57. The van der Waals surface area contributed by atoms with Gasteiger partial charge in [0.1, 0.15) is 0 Å². The Bertz CT molecular complexity index is 315. The van der Waals surface area contributed by atoms with E-state index in [2.05, 4.69) is 21.2 Å². The summed E-state index contributed by atoms with van der Waals surface area (Å²) in [5, 5.41) is 3.06. The zero-order valence-electron chi connectivity index (χ0n) is 8.56. The van der Waals surface area contributed by atoms with Gasteiger partial charge in [-0.25, -0.2) is 0 Å². The van der Waals surface area contributed by atoms with Crippen LogP contribution in [-0.4, -0.2) is 20.8 Å². The molecule has 0 spiro atoms. The SMILES string of the molecule is CCOc1cc(Br)c(NC)cc1OC. The first-order valence-electron chi connectivity index (χ1n) is 4.41. The number of ether oxygens (including phenoxy) is 2. The summed E-state index contributed by atoms with van der Waals surface area (Å²) < 4.78 is 11.6. The van der Waals surface area contributed by atoms with Crippen LogP contribution in [0.2, 0.25) is 0 Å². The second-order valence-electron chi connectivity index (χ2n) is 2.67. The van der Waals surface area contributed by atoms with Crippen LogP contribution >= 0.6 is 15.9 Å². The van der Waals surface area contributed by atoms with Gasteiger partial charge < -0.3 is 14.8 Å². The standard InChI is InChI=1S/C10H14BrNO2/c1-4-14-10-5-7(11)8(12-2)6-9(10)13-3/h5-6,12H,4H2,1-3H3. The normalized spacial score (nSPS) is 9.71. The molecule has 0 bridgehead atoms. The Morgan fingerprint density at radius 2 is 2.07 bits per heavy atom. The number of anilines is 1. The molecule has 0 amide bonds. The van der Waals surface area contributed by atoms with Crippen molar-refractivity contribution in [3.63, 3.8) is 0 Å². The number of benzene rings is 1. The summed E-state index contributed by atoms with van der Waals surface area (Å²) in [6.07, 6.45) is 0. The largest absolute Gasteiger partial charge is 0.493 e. The minimum atomic E-state index is 0.627. The lowest BCUT2D eigenvalue weighted by atomic mass is 10.3. The van der Waals surface area contributed by atoms with E-state index in [0.717, 1.165) is 21.7 Å². The summed E-state index contributed by atoms with van der Waals surface area (Å²) in [5.74, 6) is 1.49. The molecule has 0 atom stereocenters. The van der Waals surface area contributed by atoms with Gasteiger partial charge in [0.05, 0.1) is 19.4 Å². The number of halogens is 1. The van der Waals surface area contributed by atoms with Crippen molar-refractivity contribution in [1.82, 2.24) is 0 Å². The van der Waals surface area contributed by atoms with E-state index in [1.54, 1.807) is 7.11 Å². The van der Waals surface area contributed by atoms with Crippen LogP contribution < -0.4 is 14.8 Å². The fourth-order valence-corrected chi connectivity index (χ4v) is 1.68. The van der Waals surface area contributed by atoms with Crippen molar-refractivity contribution in [2.24, 2.45) is 0 Å². The van der Waals surface area contributed by atoms with Crippen LogP contribution in [0.5, 0.6) is 11.5 Å². The number of methoxy groups -OCH3 is 1. The number of hydrogen-bond donors (Lipinski definition) is 1. The third-order valence-electron chi connectivity index (χ3n) is 1.82. The molecule has 0 aliphatic rings. The average molecular weight is 260 g/mol. The van der Waals surface area contributed by atoms with Crippen molar-refractivity contribution in [3.8, 4) is 11.5 Å². The summed E-state index contributed by atoms with van der Waals surface area (Å²) in [7, 11) is 3.49. The van der Waals surface area contributed by atoms with Crippen LogP contribution in [0.1, 0.15) is 6.92 Å². The monoisotopic (exact) mass is 259 g/mol. The van der Waals surface area contributed by atoms with Gasteiger partial charge in [-0.15, -0.1) is 0 Å². The van der Waals surface area contributed by atoms with E-state index >= 15 is 0 Å². The molecule has 0 saturated heterocycles. The first kappa shape index (κ1) is 11.2. The van der Waals surface area contributed by atoms with Crippen molar-refractivity contribution >= 4 is 21.6 Å². The lowest BCUT2D eigenvalue weighted by molar-refractivity contribution is 0.311. The molecule has 0 saturated carbocycles. The van der Waals surface area contributed by atoms with Gasteiger partial charge >= 0.3 is 0 Å². The van der Waals surface area contributed by atoms with Crippen molar-refractivity contribution in [2.45, 2.75) is 6.92 Å². The summed E-state index contributed by atoms with van der Waals surface area (Å²) in [4.78, 5) is 0. The number of nitrogens with one attached hydrogen (secondary N) is 1. The maximum Gasteiger partial charge on any atom is 0.162 e. The molecule has 1 aromatic rings. The van der Waals surface area contributed by atoms with Gasteiger partial charge in [0.2, 0.25) is 0 Å². The molecule has 4 heteroatoms. The maximum absolute atomic E-state index is 5.43. The smallest absolute Gasteiger partial charge is 0.162 e. The van der Waals surface area contributed by atoms with E-state index in [1.807, 2.05) is 26.1 Å². The topological polar surface area (TPSA) is 30.5 Å². The molecule has 0 aliphatic heterocycles. The molecule has 78 valence electrons. The molecule has 3 nitrogen and oxygen atoms in total. The molecular formula is C10H14BrNO2. The molecule has 14 heavy (non-hydrogen) atoms. The molecule has 1 rings (SSSR count). The first-order chi connectivity index (χ1) is 6.72. The highest BCUT2D eigenvalue weighted by atomic mass is 79.9. The maximum atomic E-state index is 5.43. The van der Waals surface area contributed by atoms with Gasteiger partial charge in [-0.1, -0.05) is 0 Å².